The number of imidazole rings is 1. The van der Waals surface area contributed by atoms with E-state index in [9.17, 15) is 0 Å². The molecule has 1 aromatic carbocycles. The van der Waals surface area contributed by atoms with E-state index in [-0.39, 0.29) is 0 Å². The van der Waals surface area contributed by atoms with Crippen LogP contribution in [0, 0.1) is 0 Å². The summed E-state index contributed by atoms with van der Waals surface area (Å²) in [7, 11) is 0. The van der Waals surface area contributed by atoms with Crippen molar-refractivity contribution in [3.05, 3.63) is 66.5 Å². The lowest BCUT2D eigenvalue weighted by Gasteiger charge is -2.29. The molecule has 0 atom stereocenters. The molecule has 0 aliphatic carbocycles. The lowest BCUT2D eigenvalue weighted by molar-refractivity contribution is 0.908. The van der Waals surface area contributed by atoms with E-state index < -0.39 is 0 Å². The molecule has 0 fully saturated rings. The lowest BCUT2D eigenvalue weighted by atomic mass is 10.0. The van der Waals surface area contributed by atoms with E-state index in [1.54, 1.807) is 6.33 Å². The summed E-state index contributed by atoms with van der Waals surface area (Å²) >= 11 is 0. The van der Waals surface area contributed by atoms with Gasteiger partial charge < -0.3 is 15.2 Å². The molecule has 5 rings (SSSR count). The number of para-hydroxylation sites is 1. The van der Waals surface area contributed by atoms with Gasteiger partial charge in [0, 0.05) is 42.3 Å². The molecule has 8 heteroatoms. The Bertz CT molecular complexity index is 1040. The van der Waals surface area contributed by atoms with Gasteiger partial charge in [-0.2, -0.15) is 10.1 Å². The van der Waals surface area contributed by atoms with Crippen molar-refractivity contribution in [1.29, 1.82) is 0 Å². The van der Waals surface area contributed by atoms with Gasteiger partial charge in [0.2, 0.25) is 5.95 Å². The molecule has 0 amide bonds. The number of nitrogens with one attached hydrogen (secondary N) is 3. The summed E-state index contributed by atoms with van der Waals surface area (Å²) in [4.78, 5) is 18.6. The Morgan fingerprint density at radius 1 is 1.11 bits per heavy atom. The maximum absolute atomic E-state index is 4.80. The average molecular weight is 358 g/mol. The van der Waals surface area contributed by atoms with E-state index in [1.165, 1.54) is 0 Å². The third-order valence-corrected chi connectivity index (χ3v) is 4.64. The second-order valence-electron chi connectivity index (χ2n) is 6.38. The van der Waals surface area contributed by atoms with Crippen molar-refractivity contribution in [2.45, 2.75) is 13.0 Å². The Morgan fingerprint density at radius 3 is 2.89 bits per heavy atom. The molecule has 8 nitrogen and oxygen atoms in total. The van der Waals surface area contributed by atoms with Crippen LogP contribution in [0.1, 0.15) is 11.3 Å². The third-order valence-electron chi connectivity index (χ3n) is 4.64. The van der Waals surface area contributed by atoms with Gasteiger partial charge in [-0.1, -0.05) is 18.2 Å². The number of rotatable bonds is 5. The predicted octanol–water partition coefficient (Wildman–Crippen LogP) is 2.90. The van der Waals surface area contributed by atoms with Crippen LogP contribution in [0.5, 0.6) is 0 Å². The highest BCUT2D eigenvalue weighted by Gasteiger charge is 2.26. The molecule has 0 saturated carbocycles. The summed E-state index contributed by atoms with van der Waals surface area (Å²) in [5.74, 6) is 1.48. The average Bonchev–Trinajstić information content (AvgIpc) is 3.40. The van der Waals surface area contributed by atoms with Crippen molar-refractivity contribution in [1.82, 2.24) is 30.1 Å². The van der Waals surface area contributed by atoms with Gasteiger partial charge in [0.1, 0.15) is 5.82 Å². The van der Waals surface area contributed by atoms with E-state index in [0.29, 0.717) is 12.5 Å². The molecular formula is C19H18N8. The molecule has 27 heavy (non-hydrogen) atoms. The number of benzene rings is 1. The minimum atomic E-state index is 0.608. The topological polar surface area (TPSA) is 98.4 Å². The number of aromatic nitrogens is 6. The van der Waals surface area contributed by atoms with Crippen molar-refractivity contribution in [3.8, 4) is 11.3 Å². The quantitative estimate of drug-likeness (QED) is 0.507. The van der Waals surface area contributed by atoms with E-state index >= 15 is 0 Å². The van der Waals surface area contributed by atoms with Crippen LogP contribution in [0.15, 0.2) is 55.2 Å². The van der Waals surface area contributed by atoms with E-state index in [0.717, 1.165) is 47.0 Å². The Hall–Kier alpha value is -3.68. The van der Waals surface area contributed by atoms with Crippen LogP contribution < -0.4 is 10.2 Å². The standard InChI is InChI=1S/C19H18N8/c1-2-4-15(5-3-1)27-11-13-8-24-26-17(13)16-10-22-19(25-18(16)27)21-7-6-14-9-20-12-23-14/h1-5,8-10,12H,6-7,11H2,(H,20,23)(H,24,26)(H,21,22,25). The molecule has 134 valence electrons. The van der Waals surface area contributed by atoms with Crippen LogP contribution in [0.3, 0.4) is 0 Å². The first-order valence-electron chi connectivity index (χ1n) is 8.82. The smallest absolute Gasteiger partial charge is 0.224 e. The number of nitrogens with zero attached hydrogens (tertiary/aromatic N) is 5. The summed E-state index contributed by atoms with van der Waals surface area (Å²) in [6.45, 7) is 1.44. The monoisotopic (exact) mass is 358 g/mol. The summed E-state index contributed by atoms with van der Waals surface area (Å²) in [5.41, 5.74) is 5.24. The van der Waals surface area contributed by atoms with Crippen molar-refractivity contribution in [2.75, 3.05) is 16.8 Å². The molecule has 0 saturated heterocycles. The molecule has 0 unspecified atom stereocenters. The Morgan fingerprint density at radius 2 is 2.04 bits per heavy atom. The van der Waals surface area contributed by atoms with Gasteiger partial charge in [-0.15, -0.1) is 0 Å². The SMILES string of the molecule is c1ccc(N2Cc3cn[nH]c3-c3cnc(NCCc4cnc[nH]4)nc32)cc1. The van der Waals surface area contributed by atoms with Gasteiger partial charge in [-0.3, -0.25) is 5.10 Å². The minimum Gasteiger partial charge on any atom is -0.354 e. The Labute approximate surface area is 155 Å². The summed E-state index contributed by atoms with van der Waals surface area (Å²) in [6, 6.07) is 10.2. The molecule has 1 aliphatic rings. The molecule has 1 aliphatic heterocycles. The molecule has 4 heterocycles. The molecular weight excluding hydrogens is 340 g/mol. The highest BCUT2D eigenvalue weighted by molar-refractivity contribution is 5.82. The number of fused-ring (bicyclic) bond motifs is 3. The number of anilines is 3. The molecule has 0 spiro atoms. The van der Waals surface area contributed by atoms with E-state index in [4.69, 9.17) is 4.98 Å². The first-order valence-corrected chi connectivity index (χ1v) is 8.82. The van der Waals surface area contributed by atoms with E-state index in [1.807, 2.05) is 36.8 Å². The zero-order chi connectivity index (χ0) is 18.1. The lowest BCUT2D eigenvalue weighted by Crippen LogP contribution is -2.23. The number of H-pyrrole nitrogens is 2. The second kappa shape index (κ2) is 6.56. The van der Waals surface area contributed by atoms with Crippen molar-refractivity contribution < 1.29 is 0 Å². The van der Waals surface area contributed by atoms with Gasteiger partial charge >= 0.3 is 0 Å². The molecule has 0 radical (unpaired) electrons. The van der Waals surface area contributed by atoms with Crippen molar-refractivity contribution in [2.24, 2.45) is 0 Å². The number of aromatic amines is 2. The number of hydrogen-bond acceptors (Lipinski definition) is 6. The molecule has 0 bridgehead atoms. The minimum absolute atomic E-state index is 0.608. The van der Waals surface area contributed by atoms with Crippen LogP contribution in [-0.2, 0) is 13.0 Å². The van der Waals surface area contributed by atoms with Crippen molar-refractivity contribution >= 4 is 17.5 Å². The first kappa shape index (κ1) is 15.6. The fourth-order valence-electron chi connectivity index (χ4n) is 3.30. The van der Waals surface area contributed by atoms with E-state index in [2.05, 4.69) is 47.5 Å². The summed E-state index contributed by atoms with van der Waals surface area (Å²) in [5, 5.41) is 10.6. The number of hydrogen-bond donors (Lipinski definition) is 3. The highest BCUT2D eigenvalue weighted by atomic mass is 15.3. The van der Waals surface area contributed by atoms with Crippen LogP contribution in [0.2, 0.25) is 0 Å². The molecule has 3 N–H and O–H groups in total. The van der Waals surface area contributed by atoms with Crippen LogP contribution in [0.25, 0.3) is 11.3 Å². The van der Waals surface area contributed by atoms with Gasteiger partial charge in [-0.25, -0.2) is 9.97 Å². The predicted molar refractivity (Wildman–Crippen MR) is 103 cm³/mol. The highest BCUT2D eigenvalue weighted by Crippen LogP contribution is 2.40. The van der Waals surface area contributed by atoms with Crippen LogP contribution in [-0.4, -0.2) is 36.7 Å². The molecule has 3 aromatic heterocycles. The fourth-order valence-corrected chi connectivity index (χ4v) is 3.30. The van der Waals surface area contributed by atoms with Crippen LogP contribution >= 0.6 is 0 Å². The van der Waals surface area contributed by atoms with Gasteiger partial charge in [0.15, 0.2) is 0 Å². The van der Waals surface area contributed by atoms with Crippen molar-refractivity contribution in [3.63, 3.8) is 0 Å². The first-order chi connectivity index (χ1) is 13.4. The Kier molecular flexibility index (Phi) is 3.78. The Balaban J connectivity index is 1.46. The largest absolute Gasteiger partial charge is 0.354 e. The maximum Gasteiger partial charge on any atom is 0.224 e. The summed E-state index contributed by atoms with van der Waals surface area (Å²) < 4.78 is 0. The van der Waals surface area contributed by atoms with Crippen LogP contribution in [0.4, 0.5) is 17.5 Å². The molecule has 4 aromatic rings. The zero-order valence-corrected chi connectivity index (χ0v) is 14.6. The maximum atomic E-state index is 4.80. The summed E-state index contributed by atoms with van der Waals surface area (Å²) in [6.07, 6.45) is 8.06. The van der Waals surface area contributed by atoms with Gasteiger partial charge in [0.05, 0.1) is 30.3 Å². The normalized spacial score (nSPS) is 12.5. The second-order valence-corrected chi connectivity index (χ2v) is 6.38. The fraction of sp³-hybridized carbons (Fsp3) is 0.158. The third kappa shape index (κ3) is 2.91. The van der Waals surface area contributed by atoms with Gasteiger partial charge in [-0.05, 0) is 12.1 Å². The van der Waals surface area contributed by atoms with Gasteiger partial charge in [0.25, 0.3) is 0 Å². The zero-order valence-electron chi connectivity index (χ0n) is 14.6.